The molecule has 1 unspecified atom stereocenters. The van der Waals surface area contributed by atoms with Crippen molar-refractivity contribution >= 4 is 33.1 Å². The molecule has 4 aliphatic rings. The fraction of sp³-hybridized carbons (Fsp3) is 0.514. The number of aliphatic hydroxyl groups excluding tert-OH is 1. The van der Waals surface area contributed by atoms with Crippen LogP contribution in [0.1, 0.15) is 73.4 Å². The standard InChI is InChI=1S/C35H44N4O6S/c1-23-20-37(21-24(2)45-23)35(41)28-18-26-10-6-7-11-29(26)33-32(25-8-4-3-5-9-25)30-13-12-27(19-31(30)39(33)22-28)34(40)36-46(42,43)38-14-16-44-17-15-38/h6-7,10-13,18-19,23-25,35,41H,3-5,8-9,14-17,20-22H2,1-2H3,(H,36,40)/t23-,24+,35?. The minimum Gasteiger partial charge on any atom is -0.379 e. The smallest absolute Gasteiger partial charge is 0.304 e. The summed E-state index contributed by atoms with van der Waals surface area (Å²) < 4.78 is 43.2. The number of nitrogens with one attached hydrogen (secondary N) is 1. The monoisotopic (exact) mass is 648 g/mol. The molecule has 2 aromatic carbocycles. The van der Waals surface area contributed by atoms with Gasteiger partial charge in [-0.1, -0.05) is 49.6 Å². The van der Waals surface area contributed by atoms with E-state index in [1.807, 2.05) is 32.0 Å². The summed E-state index contributed by atoms with van der Waals surface area (Å²) in [6.07, 6.45) is 7.11. The quantitative estimate of drug-likeness (QED) is 0.405. The van der Waals surface area contributed by atoms with Crippen molar-refractivity contribution in [3.63, 3.8) is 0 Å². The van der Waals surface area contributed by atoms with Gasteiger partial charge in [0.15, 0.2) is 0 Å². The Labute approximate surface area is 271 Å². The van der Waals surface area contributed by atoms with E-state index in [1.165, 1.54) is 29.1 Å². The highest BCUT2D eigenvalue weighted by Crippen LogP contribution is 2.46. The maximum absolute atomic E-state index is 13.5. The molecule has 0 bridgehead atoms. The van der Waals surface area contributed by atoms with Gasteiger partial charge in [-0.2, -0.15) is 12.7 Å². The third-order valence-corrected chi connectivity index (χ3v) is 11.4. The molecule has 0 radical (unpaired) electrons. The van der Waals surface area contributed by atoms with Crippen LogP contribution in [0.5, 0.6) is 0 Å². The van der Waals surface area contributed by atoms with Gasteiger partial charge in [0.1, 0.15) is 6.23 Å². The zero-order valence-electron chi connectivity index (χ0n) is 26.7. The molecule has 3 atom stereocenters. The SMILES string of the molecule is C[C@@H]1CN(C(O)C2=Cc3ccccc3-c3c(C4CCCCC4)c4ccc(C(=O)NS(=O)(=O)N5CCOCC5)cc4n3C2)C[C@H](C)O1. The van der Waals surface area contributed by atoms with Crippen molar-refractivity contribution in [2.24, 2.45) is 0 Å². The van der Waals surface area contributed by atoms with Crippen LogP contribution >= 0.6 is 0 Å². The van der Waals surface area contributed by atoms with Crippen LogP contribution in [0.3, 0.4) is 0 Å². The predicted octanol–water partition coefficient (Wildman–Crippen LogP) is 4.49. The number of rotatable bonds is 6. The van der Waals surface area contributed by atoms with Crippen molar-refractivity contribution in [1.82, 2.24) is 18.5 Å². The molecule has 1 saturated carbocycles. The van der Waals surface area contributed by atoms with Gasteiger partial charge in [-0.3, -0.25) is 9.69 Å². The van der Waals surface area contributed by atoms with Gasteiger partial charge >= 0.3 is 10.2 Å². The number of aliphatic hydroxyl groups is 1. The highest BCUT2D eigenvalue weighted by Gasteiger charge is 2.34. The van der Waals surface area contributed by atoms with Crippen LogP contribution < -0.4 is 4.72 Å². The third-order valence-electron chi connectivity index (χ3n) is 9.93. The molecule has 246 valence electrons. The van der Waals surface area contributed by atoms with Gasteiger partial charge in [0, 0.05) is 54.8 Å². The molecule has 11 heteroatoms. The zero-order chi connectivity index (χ0) is 32.0. The summed E-state index contributed by atoms with van der Waals surface area (Å²) in [6, 6.07) is 13.9. The van der Waals surface area contributed by atoms with E-state index in [4.69, 9.17) is 9.47 Å². The summed E-state index contributed by atoms with van der Waals surface area (Å²) >= 11 is 0. The Kier molecular flexibility index (Phi) is 8.81. The van der Waals surface area contributed by atoms with Crippen LogP contribution in [0.2, 0.25) is 0 Å². The molecule has 10 nitrogen and oxygen atoms in total. The van der Waals surface area contributed by atoms with Crippen LogP contribution in [0.25, 0.3) is 28.2 Å². The van der Waals surface area contributed by atoms with E-state index >= 15 is 0 Å². The molecular weight excluding hydrogens is 604 g/mol. The first kappa shape index (κ1) is 31.5. The number of nitrogens with zero attached hydrogens (tertiary/aromatic N) is 3. The van der Waals surface area contributed by atoms with Crippen molar-refractivity contribution < 1.29 is 27.8 Å². The van der Waals surface area contributed by atoms with Crippen LogP contribution in [0.15, 0.2) is 48.0 Å². The van der Waals surface area contributed by atoms with Gasteiger partial charge in [0.05, 0.1) is 31.1 Å². The second kappa shape index (κ2) is 12.9. The molecule has 1 aliphatic carbocycles. The number of amides is 1. The van der Waals surface area contributed by atoms with Crippen molar-refractivity contribution in [2.75, 3.05) is 39.4 Å². The number of benzene rings is 2. The molecule has 2 saturated heterocycles. The lowest BCUT2D eigenvalue weighted by Gasteiger charge is -2.38. The number of fused-ring (bicyclic) bond motifs is 5. The maximum Gasteiger partial charge on any atom is 0.304 e. The molecule has 2 N–H and O–H groups in total. The average molecular weight is 649 g/mol. The van der Waals surface area contributed by atoms with Gasteiger partial charge in [-0.05, 0) is 67.5 Å². The summed E-state index contributed by atoms with van der Waals surface area (Å²) in [5.41, 5.74) is 6.57. The Morgan fingerprint density at radius 2 is 1.72 bits per heavy atom. The molecule has 3 aliphatic heterocycles. The first-order valence-electron chi connectivity index (χ1n) is 16.6. The molecular formula is C35H44N4O6S. The van der Waals surface area contributed by atoms with Gasteiger partial charge < -0.3 is 19.1 Å². The lowest BCUT2D eigenvalue weighted by atomic mass is 9.81. The topological polar surface area (TPSA) is 113 Å². The van der Waals surface area contributed by atoms with E-state index in [1.54, 1.807) is 6.07 Å². The number of hydrogen-bond acceptors (Lipinski definition) is 7. The maximum atomic E-state index is 13.5. The van der Waals surface area contributed by atoms with Crippen molar-refractivity contribution in [1.29, 1.82) is 0 Å². The van der Waals surface area contributed by atoms with E-state index in [-0.39, 0.29) is 30.9 Å². The Bertz CT molecular complexity index is 1750. The molecule has 4 heterocycles. The van der Waals surface area contributed by atoms with E-state index in [0.29, 0.717) is 38.8 Å². The molecule has 3 fully saturated rings. The fourth-order valence-electron chi connectivity index (χ4n) is 7.88. The average Bonchev–Trinajstić information content (AvgIpc) is 3.26. The summed E-state index contributed by atoms with van der Waals surface area (Å²) in [5.74, 6) is -0.293. The Morgan fingerprint density at radius 3 is 2.46 bits per heavy atom. The first-order chi connectivity index (χ1) is 22.2. The number of morpholine rings is 2. The number of hydrogen-bond donors (Lipinski definition) is 2. The van der Waals surface area contributed by atoms with Gasteiger partial charge in [-0.25, -0.2) is 4.72 Å². The molecule has 3 aromatic rings. The first-order valence-corrected chi connectivity index (χ1v) is 18.1. The Hall–Kier alpha value is -3.06. The van der Waals surface area contributed by atoms with Crippen molar-refractivity contribution in [3.05, 3.63) is 64.7 Å². The normalized spacial score (nSPS) is 24.1. The highest BCUT2D eigenvalue weighted by atomic mass is 32.2. The van der Waals surface area contributed by atoms with Crippen LogP contribution in [0.4, 0.5) is 0 Å². The van der Waals surface area contributed by atoms with Gasteiger partial charge in [0.25, 0.3) is 5.91 Å². The summed E-state index contributed by atoms with van der Waals surface area (Å²) in [4.78, 5) is 15.6. The summed E-state index contributed by atoms with van der Waals surface area (Å²) in [7, 11) is -4.01. The fourth-order valence-corrected chi connectivity index (χ4v) is 8.99. The highest BCUT2D eigenvalue weighted by molar-refractivity contribution is 7.87. The van der Waals surface area contributed by atoms with E-state index < -0.39 is 22.3 Å². The van der Waals surface area contributed by atoms with E-state index in [2.05, 4.69) is 38.5 Å². The molecule has 46 heavy (non-hydrogen) atoms. The van der Waals surface area contributed by atoms with Gasteiger partial charge in [-0.15, -0.1) is 0 Å². The Morgan fingerprint density at radius 1 is 1.00 bits per heavy atom. The van der Waals surface area contributed by atoms with Crippen LogP contribution in [-0.4, -0.2) is 91.0 Å². The van der Waals surface area contributed by atoms with Crippen molar-refractivity contribution in [2.45, 2.75) is 76.9 Å². The number of carbonyl (C=O) groups excluding carboxylic acids is 1. The van der Waals surface area contributed by atoms with E-state index in [9.17, 15) is 18.3 Å². The van der Waals surface area contributed by atoms with Crippen LogP contribution in [0, 0.1) is 0 Å². The van der Waals surface area contributed by atoms with Crippen molar-refractivity contribution in [3.8, 4) is 11.3 Å². The second-order valence-electron chi connectivity index (χ2n) is 13.3. The van der Waals surface area contributed by atoms with Crippen LogP contribution in [-0.2, 0) is 26.2 Å². The predicted molar refractivity (Wildman–Crippen MR) is 178 cm³/mol. The minimum atomic E-state index is -4.01. The van der Waals surface area contributed by atoms with Gasteiger partial charge in [0.2, 0.25) is 0 Å². The molecule has 1 aromatic heterocycles. The number of ether oxygens (including phenoxy) is 2. The second-order valence-corrected chi connectivity index (χ2v) is 14.9. The lowest BCUT2D eigenvalue weighted by Crippen LogP contribution is -2.50. The van der Waals surface area contributed by atoms with E-state index in [0.717, 1.165) is 46.1 Å². The molecule has 1 amide bonds. The Balaban J connectivity index is 1.34. The summed E-state index contributed by atoms with van der Waals surface area (Å²) in [6.45, 7) is 6.76. The molecule has 7 rings (SSSR count). The zero-order valence-corrected chi connectivity index (χ0v) is 27.5. The summed E-state index contributed by atoms with van der Waals surface area (Å²) in [5, 5.41) is 13.0. The minimum absolute atomic E-state index is 0.00718. The largest absolute Gasteiger partial charge is 0.379 e. The number of carbonyl (C=O) groups is 1. The number of aromatic nitrogens is 1. The molecule has 0 spiro atoms. The lowest BCUT2D eigenvalue weighted by molar-refractivity contribution is -0.110. The third kappa shape index (κ3) is 6.05.